The highest BCUT2D eigenvalue weighted by Crippen LogP contribution is 2.49. The van der Waals surface area contributed by atoms with Crippen LogP contribution in [0.1, 0.15) is 45.6 Å². The maximum absolute atomic E-state index is 13.5. The average Bonchev–Trinajstić information content (AvgIpc) is 3.49. The second-order valence-corrected chi connectivity index (χ2v) is 16.7. The number of benzene rings is 2. The number of ether oxygens (including phenoxy) is 3. The Morgan fingerprint density at radius 3 is 2.72 bits per heavy atom. The summed E-state index contributed by atoms with van der Waals surface area (Å²) in [7, 11) is -0.368. The molecule has 2 saturated carbocycles. The Bertz CT molecular complexity index is 1550. The van der Waals surface area contributed by atoms with Crippen LogP contribution in [-0.2, 0) is 20.6 Å². The number of alkyl carbamates (subject to hydrolysis) is 1. The minimum Gasteiger partial charge on any atom is -0.445 e. The van der Waals surface area contributed by atoms with E-state index in [9.17, 15) is 9.90 Å². The van der Waals surface area contributed by atoms with Crippen LogP contribution in [0.2, 0.25) is 0 Å². The summed E-state index contributed by atoms with van der Waals surface area (Å²) in [6, 6.07) is 16.6. The molecule has 3 heterocycles. The van der Waals surface area contributed by atoms with E-state index in [-0.39, 0.29) is 34.9 Å². The highest BCUT2D eigenvalue weighted by Gasteiger charge is 2.56. The molecule has 11 heteroatoms. The van der Waals surface area contributed by atoms with E-state index >= 15 is 0 Å². The van der Waals surface area contributed by atoms with Crippen molar-refractivity contribution in [3.63, 3.8) is 0 Å². The van der Waals surface area contributed by atoms with Crippen molar-refractivity contribution in [1.82, 2.24) is 14.6 Å². The summed E-state index contributed by atoms with van der Waals surface area (Å²) in [5.74, 6) is 1.04. The van der Waals surface area contributed by atoms with Gasteiger partial charge in [-0.1, -0.05) is 66.2 Å². The second-order valence-electron chi connectivity index (χ2n) is 13.6. The van der Waals surface area contributed by atoms with Crippen molar-refractivity contribution < 1.29 is 24.1 Å². The Morgan fingerprint density at radius 1 is 1.15 bits per heavy atom. The van der Waals surface area contributed by atoms with E-state index < -0.39 is 18.2 Å². The molecule has 0 spiro atoms. The van der Waals surface area contributed by atoms with Crippen LogP contribution in [-0.4, -0.2) is 82.7 Å². The fourth-order valence-electron chi connectivity index (χ4n) is 7.22. The van der Waals surface area contributed by atoms with Crippen LogP contribution in [0.4, 0.5) is 9.93 Å². The number of nitrogens with one attached hydrogen (secondary N) is 2. The van der Waals surface area contributed by atoms with Gasteiger partial charge in [0.05, 0.1) is 35.6 Å². The average molecular weight is 667 g/mol. The van der Waals surface area contributed by atoms with Crippen molar-refractivity contribution in [3.05, 3.63) is 54.1 Å². The van der Waals surface area contributed by atoms with E-state index in [0.29, 0.717) is 44.1 Å². The first-order valence-corrected chi connectivity index (χ1v) is 18.8. The molecule has 3 aromatic rings. The van der Waals surface area contributed by atoms with Crippen molar-refractivity contribution in [2.45, 2.75) is 81.9 Å². The fourth-order valence-corrected chi connectivity index (χ4v) is 10.4. The number of anilines is 1. The van der Waals surface area contributed by atoms with Crippen LogP contribution in [0.3, 0.4) is 0 Å². The molecule has 9 nitrogen and oxygen atoms in total. The normalized spacial score (nSPS) is 27.3. The molecule has 0 radical (unpaired) electrons. The largest absolute Gasteiger partial charge is 0.445 e. The molecule has 2 bridgehead atoms. The van der Waals surface area contributed by atoms with Crippen molar-refractivity contribution >= 4 is 48.8 Å². The number of amides is 1. The number of aromatic nitrogens is 1. The van der Waals surface area contributed by atoms with Gasteiger partial charge in [-0.05, 0) is 67.7 Å². The Kier molecular flexibility index (Phi) is 9.68. The number of carbonyl (C=O) groups excluding carboxylic acids is 1. The lowest BCUT2D eigenvalue weighted by molar-refractivity contribution is -0.169. The predicted molar refractivity (Wildman–Crippen MR) is 184 cm³/mol. The highest BCUT2D eigenvalue weighted by molar-refractivity contribution is 8.13. The van der Waals surface area contributed by atoms with Gasteiger partial charge in [-0.2, -0.15) is 0 Å². The summed E-state index contributed by atoms with van der Waals surface area (Å²) >= 11 is 1.71. The molecule has 2 saturated heterocycles. The topological polar surface area (TPSA) is 105 Å². The Balaban J connectivity index is 1.08. The molecule has 7 rings (SSSR count). The summed E-state index contributed by atoms with van der Waals surface area (Å²) in [6.07, 6.45) is 2.19. The molecule has 3 N–H and O–H groups in total. The molecule has 1 aromatic heterocycles. The number of thiazole rings is 1. The van der Waals surface area contributed by atoms with Crippen molar-refractivity contribution in [1.29, 1.82) is 0 Å². The summed E-state index contributed by atoms with van der Waals surface area (Å²) in [5, 5.41) is 21.7. The van der Waals surface area contributed by atoms with E-state index in [4.69, 9.17) is 19.2 Å². The number of aliphatic hydroxyl groups excluding tert-OH is 1. The van der Waals surface area contributed by atoms with Gasteiger partial charge in [-0.3, -0.25) is 0 Å². The summed E-state index contributed by atoms with van der Waals surface area (Å²) in [6.45, 7) is 8.82. The summed E-state index contributed by atoms with van der Waals surface area (Å²) in [5.41, 5.74) is 2.06. The number of aliphatic hydroxyl groups is 1. The zero-order valence-electron chi connectivity index (χ0n) is 26.8. The van der Waals surface area contributed by atoms with Gasteiger partial charge in [0.25, 0.3) is 0 Å². The maximum Gasteiger partial charge on any atom is 0.407 e. The first kappa shape index (κ1) is 32.0. The first-order chi connectivity index (χ1) is 22.3. The molecule has 4 aliphatic rings. The Hall–Kier alpha value is -2.54. The van der Waals surface area contributed by atoms with Crippen LogP contribution in [0, 0.1) is 23.7 Å². The molecular weight excluding hydrogens is 621 g/mol. The minimum atomic E-state index is -0.826. The maximum atomic E-state index is 13.5. The fraction of sp³-hybridized carbons (Fsp3) is 0.571. The highest BCUT2D eigenvalue weighted by atomic mass is 32.2. The van der Waals surface area contributed by atoms with Crippen LogP contribution in [0.15, 0.2) is 53.4 Å². The number of hydrogen-bond acceptors (Lipinski definition) is 9. The first-order valence-electron chi connectivity index (χ1n) is 16.7. The van der Waals surface area contributed by atoms with Gasteiger partial charge >= 0.3 is 6.09 Å². The van der Waals surface area contributed by atoms with Crippen molar-refractivity contribution in [3.8, 4) is 0 Å². The molecule has 6 unspecified atom stereocenters. The molecule has 8 atom stereocenters. The third-order valence-corrected chi connectivity index (χ3v) is 12.6. The lowest BCUT2D eigenvalue weighted by atomic mass is 9.98. The van der Waals surface area contributed by atoms with Crippen molar-refractivity contribution in [2.24, 2.45) is 23.7 Å². The van der Waals surface area contributed by atoms with E-state index in [1.54, 1.807) is 11.3 Å². The second kappa shape index (κ2) is 13.9. The quantitative estimate of drug-likeness (QED) is 0.194. The number of fused-ring (bicyclic) bond motifs is 2. The van der Waals surface area contributed by atoms with Gasteiger partial charge in [0.15, 0.2) is 11.4 Å². The summed E-state index contributed by atoms with van der Waals surface area (Å²) in [4.78, 5) is 19.5. The zero-order chi connectivity index (χ0) is 31.8. The molecule has 4 fully saturated rings. The molecule has 46 heavy (non-hydrogen) atoms. The van der Waals surface area contributed by atoms with Gasteiger partial charge in [0.2, 0.25) is 0 Å². The van der Waals surface area contributed by atoms with Gasteiger partial charge in [-0.25, -0.2) is 14.1 Å². The van der Waals surface area contributed by atoms with E-state index in [0.717, 1.165) is 33.9 Å². The number of rotatable bonds is 13. The molecule has 2 aromatic carbocycles. The van der Waals surface area contributed by atoms with Gasteiger partial charge in [0, 0.05) is 41.8 Å². The van der Waals surface area contributed by atoms with E-state index in [2.05, 4.69) is 59.3 Å². The smallest absolute Gasteiger partial charge is 0.407 e. The Labute approximate surface area is 278 Å². The monoisotopic (exact) mass is 666 g/mol. The minimum absolute atomic E-state index is 0.167. The molecule has 2 aliphatic heterocycles. The lowest BCUT2D eigenvalue weighted by Gasteiger charge is -2.33. The molecule has 2 aliphatic carbocycles. The van der Waals surface area contributed by atoms with E-state index in [1.807, 2.05) is 30.3 Å². The molecule has 248 valence electrons. The number of hydrogen-bond donors (Lipinski definition) is 3. The molecule has 1 amide bonds. The van der Waals surface area contributed by atoms with Gasteiger partial charge < -0.3 is 30.0 Å². The third kappa shape index (κ3) is 7.15. The van der Waals surface area contributed by atoms with Crippen LogP contribution in [0.25, 0.3) is 10.2 Å². The molecular formula is C35H46N4O5S2. The number of nitrogens with zero attached hydrogens (tertiary/aromatic N) is 2. The third-order valence-electron chi connectivity index (χ3n) is 9.57. The van der Waals surface area contributed by atoms with Crippen LogP contribution >= 0.6 is 22.0 Å². The van der Waals surface area contributed by atoms with Crippen molar-refractivity contribution in [2.75, 3.05) is 31.6 Å². The number of carbonyl (C=O) groups is 1. The SMILES string of the molecule is C/C=S(/c1ccc2nc(NC3CC3)sc2c1)N(CC(C)C)C[C@@H](O)[C@H](Cc1ccccc1)NC(=O)OC1C2COC3OCC1C3C2. The standard InChI is InChI=1S/C35H46N4O5S2/c1-4-46(25-12-13-28-31(16-25)45-34(37-28)36-24-10-11-24)39(17-21(2)3)18-30(40)29(14-22-8-6-5-7-9-22)38-35(41)44-32-23-15-26-27(32)20-43-33(26)42-19-23/h4-9,12-13,16,21,23-24,26-27,29-30,32-33,40H,10-11,14-15,17-20H2,1-3H3,(H,36,37)(H,38,41)/t23?,26?,27?,29-,30+,32?,33?,46?/m0/s1. The predicted octanol–water partition coefficient (Wildman–Crippen LogP) is 5.90. The van der Waals surface area contributed by atoms with Gasteiger partial charge in [0.1, 0.15) is 6.10 Å². The van der Waals surface area contributed by atoms with E-state index in [1.165, 1.54) is 17.7 Å². The van der Waals surface area contributed by atoms with Crippen LogP contribution in [0.5, 0.6) is 0 Å². The van der Waals surface area contributed by atoms with Crippen LogP contribution < -0.4 is 10.6 Å². The Morgan fingerprint density at radius 2 is 1.96 bits per heavy atom. The van der Waals surface area contributed by atoms with Gasteiger partial charge in [-0.15, -0.1) is 0 Å². The summed E-state index contributed by atoms with van der Waals surface area (Å²) < 4.78 is 21.3. The zero-order valence-corrected chi connectivity index (χ0v) is 28.5. The lowest BCUT2D eigenvalue weighted by Crippen LogP contribution is -2.50.